The summed E-state index contributed by atoms with van der Waals surface area (Å²) in [4.78, 5) is 14.5. The van der Waals surface area contributed by atoms with Crippen molar-refractivity contribution < 1.29 is 10.0 Å². The van der Waals surface area contributed by atoms with Crippen LogP contribution in [0.5, 0.6) is 0 Å². The van der Waals surface area contributed by atoms with Crippen LogP contribution in [0.1, 0.15) is 35.9 Å². The number of likely N-dealkylation sites (tertiary alicyclic amines) is 1. The summed E-state index contributed by atoms with van der Waals surface area (Å²) in [5.41, 5.74) is 5.42. The van der Waals surface area contributed by atoms with Crippen LogP contribution in [-0.4, -0.2) is 33.7 Å². The van der Waals surface area contributed by atoms with Crippen LogP contribution in [0.25, 0.3) is 10.9 Å². The monoisotopic (exact) mass is 363 g/mol. The smallest absolute Gasteiger partial charge is 0.265 e. The first-order valence-electron chi connectivity index (χ1n) is 9.46. The van der Waals surface area contributed by atoms with Crippen molar-refractivity contribution in [3.05, 3.63) is 71.9 Å². The average Bonchev–Trinajstić information content (AvgIpc) is 3.06. The maximum absolute atomic E-state index is 12.3. The molecule has 2 N–H and O–H groups in total. The molecule has 2 heterocycles. The van der Waals surface area contributed by atoms with E-state index in [-0.39, 0.29) is 5.91 Å². The fourth-order valence-electron chi connectivity index (χ4n) is 4.39. The zero-order valence-electron chi connectivity index (χ0n) is 15.5. The average molecular weight is 363 g/mol. The van der Waals surface area contributed by atoms with Gasteiger partial charge >= 0.3 is 0 Å². The lowest BCUT2D eigenvalue weighted by atomic mass is 9.88. The summed E-state index contributed by atoms with van der Waals surface area (Å²) in [7, 11) is 2.10. The number of para-hydroxylation sites is 1. The third kappa shape index (κ3) is 3.36. The van der Waals surface area contributed by atoms with Gasteiger partial charge in [-0.1, -0.05) is 48.5 Å². The first-order valence-corrected chi connectivity index (χ1v) is 9.46. The highest BCUT2D eigenvalue weighted by molar-refractivity contribution is 5.84. The van der Waals surface area contributed by atoms with Crippen molar-refractivity contribution in [2.24, 2.45) is 7.05 Å². The molecule has 1 unspecified atom stereocenters. The topological polar surface area (TPSA) is 57.5 Å². The van der Waals surface area contributed by atoms with Crippen molar-refractivity contribution in [1.29, 1.82) is 0 Å². The van der Waals surface area contributed by atoms with E-state index in [0.29, 0.717) is 5.92 Å². The molecule has 27 heavy (non-hydrogen) atoms. The zero-order chi connectivity index (χ0) is 18.8. The summed E-state index contributed by atoms with van der Waals surface area (Å²) < 4.78 is 2.20. The lowest BCUT2D eigenvalue weighted by Gasteiger charge is -2.36. The van der Waals surface area contributed by atoms with Crippen LogP contribution in [0.3, 0.4) is 0 Å². The molecule has 1 saturated heterocycles. The molecule has 2 aromatic carbocycles. The Hall–Kier alpha value is -2.63. The van der Waals surface area contributed by atoms with Gasteiger partial charge in [0.15, 0.2) is 0 Å². The van der Waals surface area contributed by atoms with E-state index < -0.39 is 6.04 Å². The molecule has 140 valence electrons. The van der Waals surface area contributed by atoms with Crippen LogP contribution in [0.15, 0.2) is 60.8 Å². The Labute approximate surface area is 159 Å². The number of benzene rings is 2. The minimum absolute atomic E-state index is 0.371. The number of carbonyl (C=O) groups excluding carboxylic acids is 1. The van der Waals surface area contributed by atoms with Crippen molar-refractivity contribution >= 4 is 16.8 Å². The Kier molecular flexibility index (Phi) is 4.97. The van der Waals surface area contributed by atoms with E-state index >= 15 is 0 Å². The number of hydroxylamine groups is 1. The van der Waals surface area contributed by atoms with Crippen LogP contribution < -0.4 is 5.48 Å². The summed E-state index contributed by atoms with van der Waals surface area (Å²) in [6.07, 6.45) is 4.24. The zero-order valence-corrected chi connectivity index (χ0v) is 15.5. The Morgan fingerprint density at radius 2 is 1.74 bits per heavy atom. The Morgan fingerprint density at radius 3 is 2.44 bits per heavy atom. The van der Waals surface area contributed by atoms with Crippen LogP contribution in [0.2, 0.25) is 0 Å². The lowest BCUT2D eigenvalue weighted by molar-refractivity contribution is -0.135. The molecule has 1 amide bonds. The molecule has 5 nitrogen and oxygen atoms in total. The third-order valence-electron chi connectivity index (χ3n) is 5.74. The van der Waals surface area contributed by atoms with E-state index in [1.54, 1.807) is 0 Å². The Balaban J connectivity index is 1.54. The first-order chi connectivity index (χ1) is 13.2. The number of nitrogens with one attached hydrogen (secondary N) is 1. The van der Waals surface area contributed by atoms with E-state index in [1.165, 1.54) is 16.5 Å². The molecule has 1 fully saturated rings. The number of hydrogen-bond acceptors (Lipinski definition) is 3. The highest BCUT2D eigenvalue weighted by Crippen LogP contribution is 2.36. The van der Waals surface area contributed by atoms with Gasteiger partial charge in [-0.15, -0.1) is 0 Å². The van der Waals surface area contributed by atoms with Gasteiger partial charge in [0.1, 0.15) is 6.04 Å². The number of aromatic nitrogens is 1. The number of rotatable bonds is 4. The van der Waals surface area contributed by atoms with Crippen molar-refractivity contribution in [3.8, 4) is 0 Å². The fourth-order valence-corrected chi connectivity index (χ4v) is 4.39. The summed E-state index contributed by atoms with van der Waals surface area (Å²) in [5.74, 6) is 0.116. The second-order valence-electron chi connectivity index (χ2n) is 7.31. The molecule has 1 atom stereocenters. The van der Waals surface area contributed by atoms with Gasteiger partial charge < -0.3 is 4.57 Å². The van der Waals surface area contributed by atoms with Gasteiger partial charge in [0.25, 0.3) is 5.91 Å². The lowest BCUT2D eigenvalue weighted by Crippen LogP contribution is -2.43. The van der Waals surface area contributed by atoms with E-state index in [4.69, 9.17) is 0 Å². The van der Waals surface area contributed by atoms with Gasteiger partial charge in [-0.3, -0.25) is 14.9 Å². The van der Waals surface area contributed by atoms with Gasteiger partial charge in [-0.25, -0.2) is 5.48 Å². The number of aryl methyl sites for hydroxylation is 1. The third-order valence-corrected chi connectivity index (χ3v) is 5.74. The fraction of sp³-hybridized carbons (Fsp3) is 0.318. The van der Waals surface area contributed by atoms with E-state index in [1.807, 2.05) is 35.8 Å². The van der Waals surface area contributed by atoms with Gasteiger partial charge in [0.2, 0.25) is 0 Å². The number of piperidine rings is 1. The predicted octanol–water partition coefficient (Wildman–Crippen LogP) is 3.60. The first kappa shape index (κ1) is 17.8. The maximum atomic E-state index is 12.3. The summed E-state index contributed by atoms with van der Waals surface area (Å²) in [6.45, 7) is 1.64. The van der Waals surface area contributed by atoms with Crippen LogP contribution in [-0.2, 0) is 11.8 Å². The number of amides is 1. The minimum atomic E-state index is -0.454. The van der Waals surface area contributed by atoms with Gasteiger partial charge in [-0.05, 0) is 49.0 Å². The normalized spacial score (nSPS) is 17.1. The van der Waals surface area contributed by atoms with Gasteiger partial charge in [0, 0.05) is 24.1 Å². The molecule has 1 aliphatic heterocycles. The standard InChI is InChI=1S/C22H25N3O2/c1-24-15-19(18-9-5-6-10-20(18)24)16-11-13-25(14-12-16)21(22(26)23-27)17-7-3-2-4-8-17/h2-10,15-16,21,27H,11-14H2,1H3,(H,23,26). The van der Waals surface area contributed by atoms with Crippen LogP contribution in [0.4, 0.5) is 0 Å². The van der Waals surface area contributed by atoms with Crippen molar-refractivity contribution in [2.75, 3.05) is 13.1 Å². The molecule has 1 aromatic heterocycles. The molecule has 4 rings (SSSR count). The van der Waals surface area contributed by atoms with Crippen LogP contribution in [0, 0.1) is 0 Å². The van der Waals surface area contributed by atoms with E-state index in [0.717, 1.165) is 31.5 Å². The highest BCUT2D eigenvalue weighted by Gasteiger charge is 2.32. The van der Waals surface area contributed by atoms with Crippen molar-refractivity contribution in [3.63, 3.8) is 0 Å². The number of carbonyl (C=O) groups is 1. The van der Waals surface area contributed by atoms with E-state index in [9.17, 15) is 10.0 Å². The largest absolute Gasteiger partial charge is 0.350 e. The Morgan fingerprint density at radius 1 is 1.07 bits per heavy atom. The summed E-state index contributed by atoms with van der Waals surface area (Å²) in [5, 5.41) is 10.5. The number of hydrogen-bond donors (Lipinski definition) is 2. The van der Waals surface area contributed by atoms with Gasteiger partial charge in [-0.2, -0.15) is 0 Å². The number of fused-ring (bicyclic) bond motifs is 1. The quantitative estimate of drug-likeness (QED) is 0.550. The van der Waals surface area contributed by atoms with Crippen molar-refractivity contribution in [1.82, 2.24) is 14.9 Å². The summed E-state index contributed by atoms with van der Waals surface area (Å²) >= 11 is 0. The molecule has 1 aliphatic rings. The van der Waals surface area contributed by atoms with Gasteiger partial charge in [0.05, 0.1) is 0 Å². The second kappa shape index (κ2) is 7.55. The molecule has 3 aromatic rings. The molecule has 5 heteroatoms. The second-order valence-corrected chi connectivity index (χ2v) is 7.31. The minimum Gasteiger partial charge on any atom is -0.350 e. The molecular weight excluding hydrogens is 338 g/mol. The maximum Gasteiger partial charge on any atom is 0.265 e. The molecule has 0 bridgehead atoms. The van der Waals surface area contributed by atoms with Crippen molar-refractivity contribution in [2.45, 2.75) is 24.8 Å². The molecule has 0 spiro atoms. The van der Waals surface area contributed by atoms with Crippen LogP contribution >= 0.6 is 0 Å². The molecular formula is C22H25N3O2. The SMILES string of the molecule is Cn1cc(C2CCN(C(C(=O)NO)c3ccccc3)CC2)c2ccccc21. The number of nitrogens with zero attached hydrogens (tertiary/aromatic N) is 2. The van der Waals surface area contributed by atoms with E-state index in [2.05, 4.69) is 47.0 Å². The predicted molar refractivity (Wildman–Crippen MR) is 106 cm³/mol. The summed E-state index contributed by atoms with van der Waals surface area (Å²) in [6, 6.07) is 17.7. The highest BCUT2D eigenvalue weighted by atomic mass is 16.5. The molecule has 0 aliphatic carbocycles. The molecule has 0 saturated carbocycles. The molecule has 0 radical (unpaired) electrons. The Bertz CT molecular complexity index is 927.